The molecule has 2 aromatic carbocycles. The average Bonchev–Trinajstić information content (AvgIpc) is 3.36. The lowest BCUT2D eigenvalue weighted by Gasteiger charge is -2.18. The van der Waals surface area contributed by atoms with Gasteiger partial charge in [0.05, 0.1) is 11.8 Å². The SMILES string of the molecule is Cn1cc(-c2ccc3c(c2)CCN3C(=O)Cc2ccc(CN)cc2)c2c(N)ncnc21. The van der Waals surface area contributed by atoms with E-state index in [1.165, 1.54) is 6.33 Å². The van der Waals surface area contributed by atoms with Crippen molar-refractivity contribution < 1.29 is 4.79 Å². The lowest BCUT2D eigenvalue weighted by Crippen LogP contribution is -2.30. The molecule has 1 amide bonds. The van der Waals surface area contributed by atoms with Gasteiger partial charge in [0.1, 0.15) is 17.8 Å². The van der Waals surface area contributed by atoms with E-state index in [0.717, 1.165) is 51.0 Å². The van der Waals surface area contributed by atoms with Gasteiger partial charge in [-0.15, -0.1) is 0 Å². The van der Waals surface area contributed by atoms with E-state index in [-0.39, 0.29) is 5.91 Å². The highest BCUT2D eigenvalue weighted by molar-refractivity contribution is 6.02. The Labute approximate surface area is 180 Å². The lowest BCUT2D eigenvalue weighted by atomic mass is 10.0. The Kier molecular flexibility index (Phi) is 4.67. The first kappa shape index (κ1) is 19.3. The Morgan fingerprint density at radius 1 is 1.10 bits per heavy atom. The molecule has 4 aromatic rings. The summed E-state index contributed by atoms with van der Waals surface area (Å²) in [5.74, 6) is 0.577. The van der Waals surface area contributed by atoms with Crippen LogP contribution in [-0.2, 0) is 31.2 Å². The molecule has 1 aliphatic heterocycles. The number of aromatic nitrogens is 3. The number of aryl methyl sites for hydroxylation is 1. The molecule has 156 valence electrons. The third-order valence-corrected chi connectivity index (χ3v) is 5.98. The van der Waals surface area contributed by atoms with Gasteiger partial charge in [0.2, 0.25) is 5.91 Å². The number of nitrogen functional groups attached to an aromatic ring is 1. The number of nitrogens with two attached hydrogens (primary N) is 2. The standard InChI is InChI=1S/C24H24N6O/c1-29-13-19(22-23(26)27-14-28-24(22)29)17-6-7-20-18(11-17)8-9-30(20)21(31)10-15-2-4-16(12-25)5-3-15/h2-7,11,13-14H,8-10,12,25H2,1H3,(H2,26,27,28). The maximum absolute atomic E-state index is 13.0. The van der Waals surface area contributed by atoms with Crippen LogP contribution in [0.2, 0.25) is 0 Å². The molecule has 0 spiro atoms. The van der Waals surface area contributed by atoms with Crippen molar-refractivity contribution in [3.05, 3.63) is 71.7 Å². The zero-order chi connectivity index (χ0) is 21.5. The van der Waals surface area contributed by atoms with Crippen LogP contribution in [0.1, 0.15) is 16.7 Å². The molecule has 0 unspecified atom stereocenters. The predicted octanol–water partition coefficient (Wildman–Crippen LogP) is 2.81. The summed E-state index contributed by atoms with van der Waals surface area (Å²) in [6.07, 6.45) is 4.72. The van der Waals surface area contributed by atoms with Crippen molar-refractivity contribution in [2.75, 3.05) is 17.2 Å². The topological polar surface area (TPSA) is 103 Å². The van der Waals surface area contributed by atoms with Gasteiger partial charge >= 0.3 is 0 Å². The molecule has 0 fully saturated rings. The van der Waals surface area contributed by atoms with E-state index in [1.54, 1.807) is 0 Å². The summed E-state index contributed by atoms with van der Waals surface area (Å²) in [7, 11) is 1.95. The molecule has 3 heterocycles. The van der Waals surface area contributed by atoms with Crippen LogP contribution in [0.5, 0.6) is 0 Å². The highest BCUT2D eigenvalue weighted by Crippen LogP contribution is 2.37. The number of fused-ring (bicyclic) bond motifs is 2. The second-order valence-corrected chi connectivity index (χ2v) is 7.95. The third-order valence-electron chi connectivity index (χ3n) is 5.98. The van der Waals surface area contributed by atoms with Crippen molar-refractivity contribution in [3.8, 4) is 11.1 Å². The van der Waals surface area contributed by atoms with Crippen LogP contribution in [0.3, 0.4) is 0 Å². The van der Waals surface area contributed by atoms with Crippen LogP contribution < -0.4 is 16.4 Å². The zero-order valence-corrected chi connectivity index (χ0v) is 17.4. The van der Waals surface area contributed by atoms with Crippen LogP contribution in [-0.4, -0.2) is 27.0 Å². The fourth-order valence-electron chi connectivity index (χ4n) is 4.35. The summed E-state index contributed by atoms with van der Waals surface area (Å²) in [5.41, 5.74) is 18.9. The van der Waals surface area contributed by atoms with E-state index >= 15 is 0 Å². The molecule has 5 rings (SSSR count). The average molecular weight is 412 g/mol. The molecule has 0 radical (unpaired) electrons. The second kappa shape index (κ2) is 7.52. The van der Waals surface area contributed by atoms with E-state index in [2.05, 4.69) is 16.0 Å². The molecular formula is C24H24N6O. The first-order valence-corrected chi connectivity index (χ1v) is 10.3. The Morgan fingerprint density at radius 2 is 1.87 bits per heavy atom. The van der Waals surface area contributed by atoms with E-state index in [1.807, 2.05) is 59.1 Å². The molecule has 0 aliphatic carbocycles. The van der Waals surface area contributed by atoms with Gasteiger partial charge in [0, 0.05) is 37.6 Å². The molecule has 0 saturated heterocycles. The Bertz CT molecular complexity index is 1290. The van der Waals surface area contributed by atoms with Gasteiger partial charge in [0.25, 0.3) is 0 Å². The molecule has 2 aromatic heterocycles. The highest BCUT2D eigenvalue weighted by Gasteiger charge is 2.25. The molecule has 0 bridgehead atoms. The van der Waals surface area contributed by atoms with Gasteiger partial charge in [-0.3, -0.25) is 4.79 Å². The Hall–Kier alpha value is -3.71. The van der Waals surface area contributed by atoms with Crippen LogP contribution in [0.25, 0.3) is 22.2 Å². The number of amides is 1. The molecule has 4 N–H and O–H groups in total. The second-order valence-electron chi connectivity index (χ2n) is 7.95. The van der Waals surface area contributed by atoms with E-state index in [9.17, 15) is 4.79 Å². The largest absolute Gasteiger partial charge is 0.383 e. The van der Waals surface area contributed by atoms with Crippen LogP contribution >= 0.6 is 0 Å². The normalized spacial score (nSPS) is 13.0. The number of rotatable bonds is 4. The Morgan fingerprint density at radius 3 is 2.65 bits per heavy atom. The Balaban J connectivity index is 1.43. The van der Waals surface area contributed by atoms with Gasteiger partial charge in [-0.05, 0) is 40.8 Å². The van der Waals surface area contributed by atoms with E-state index in [0.29, 0.717) is 25.3 Å². The van der Waals surface area contributed by atoms with Crippen molar-refractivity contribution in [2.45, 2.75) is 19.4 Å². The van der Waals surface area contributed by atoms with Gasteiger partial charge in [-0.25, -0.2) is 9.97 Å². The molecule has 31 heavy (non-hydrogen) atoms. The first-order chi connectivity index (χ1) is 15.0. The van der Waals surface area contributed by atoms with Crippen LogP contribution in [0, 0.1) is 0 Å². The molecule has 7 heteroatoms. The minimum absolute atomic E-state index is 0.106. The van der Waals surface area contributed by atoms with Crippen molar-refractivity contribution >= 4 is 28.4 Å². The summed E-state index contributed by atoms with van der Waals surface area (Å²) < 4.78 is 1.96. The minimum Gasteiger partial charge on any atom is -0.383 e. The highest BCUT2D eigenvalue weighted by atomic mass is 16.2. The predicted molar refractivity (Wildman–Crippen MR) is 122 cm³/mol. The third kappa shape index (κ3) is 3.33. The fourth-order valence-corrected chi connectivity index (χ4v) is 4.35. The summed E-state index contributed by atoms with van der Waals surface area (Å²) in [4.78, 5) is 23.4. The molecule has 7 nitrogen and oxygen atoms in total. The van der Waals surface area contributed by atoms with E-state index in [4.69, 9.17) is 11.5 Å². The summed E-state index contributed by atoms with van der Waals surface area (Å²) >= 11 is 0. The van der Waals surface area contributed by atoms with Crippen molar-refractivity contribution in [1.82, 2.24) is 14.5 Å². The molecular weight excluding hydrogens is 388 g/mol. The van der Waals surface area contributed by atoms with Crippen LogP contribution in [0.4, 0.5) is 11.5 Å². The fraction of sp³-hybridized carbons (Fsp3) is 0.208. The first-order valence-electron chi connectivity index (χ1n) is 10.3. The number of anilines is 2. The quantitative estimate of drug-likeness (QED) is 0.536. The van der Waals surface area contributed by atoms with Gasteiger partial charge in [-0.1, -0.05) is 30.3 Å². The number of carbonyl (C=O) groups excluding carboxylic acids is 1. The number of benzene rings is 2. The molecule has 1 aliphatic rings. The van der Waals surface area contributed by atoms with Gasteiger partial charge in [0.15, 0.2) is 0 Å². The monoisotopic (exact) mass is 412 g/mol. The maximum atomic E-state index is 13.0. The smallest absolute Gasteiger partial charge is 0.231 e. The number of hydrogen-bond acceptors (Lipinski definition) is 5. The molecule has 0 saturated carbocycles. The molecule has 0 atom stereocenters. The maximum Gasteiger partial charge on any atom is 0.231 e. The number of nitrogens with zero attached hydrogens (tertiary/aromatic N) is 4. The summed E-state index contributed by atoms with van der Waals surface area (Å²) in [5, 5.41) is 0.858. The van der Waals surface area contributed by atoms with Gasteiger partial charge < -0.3 is 20.9 Å². The van der Waals surface area contributed by atoms with Gasteiger partial charge in [-0.2, -0.15) is 0 Å². The number of carbonyl (C=O) groups is 1. The van der Waals surface area contributed by atoms with Crippen molar-refractivity contribution in [3.63, 3.8) is 0 Å². The van der Waals surface area contributed by atoms with Crippen molar-refractivity contribution in [2.24, 2.45) is 12.8 Å². The van der Waals surface area contributed by atoms with E-state index < -0.39 is 0 Å². The van der Waals surface area contributed by atoms with Crippen LogP contribution in [0.15, 0.2) is 55.0 Å². The minimum atomic E-state index is 0.106. The lowest BCUT2D eigenvalue weighted by molar-refractivity contribution is -0.117. The number of hydrogen-bond donors (Lipinski definition) is 2. The zero-order valence-electron chi connectivity index (χ0n) is 17.4. The summed E-state index contributed by atoms with van der Waals surface area (Å²) in [6, 6.07) is 14.1. The van der Waals surface area contributed by atoms with Crippen molar-refractivity contribution in [1.29, 1.82) is 0 Å². The summed E-state index contributed by atoms with van der Waals surface area (Å²) in [6.45, 7) is 1.20.